The van der Waals surface area contributed by atoms with Gasteiger partial charge in [-0.2, -0.15) is 26.3 Å². The molecule has 4 heterocycles. The van der Waals surface area contributed by atoms with E-state index in [4.69, 9.17) is 0 Å². The largest absolute Gasteiger partial charge is 0.416 e. The summed E-state index contributed by atoms with van der Waals surface area (Å²) in [5, 5.41) is 0. The number of hydrogen-bond donors (Lipinski definition) is 0. The fourth-order valence-electron chi connectivity index (χ4n) is 6.72. The highest BCUT2D eigenvalue weighted by Gasteiger charge is 2.36. The molecule has 2 aromatic carbocycles. The maximum Gasteiger partial charge on any atom is 0.416 e. The molecule has 0 aliphatic carbocycles. The number of piperazine rings is 2. The molecule has 2 aliphatic heterocycles. The third-order valence-corrected chi connectivity index (χ3v) is 9.48. The molecule has 2 aromatic heterocycles. The van der Waals surface area contributed by atoms with E-state index in [2.05, 4.69) is 19.8 Å². The van der Waals surface area contributed by atoms with E-state index in [0.717, 1.165) is 12.1 Å². The molecule has 50 heavy (non-hydrogen) atoms. The number of pyridine rings is 2. The van der Waals surface area contributed by atoms with Crippen molar-refractivity contribution in [2.24, 2.45) is 0 Å². The molecule has 2 fully saturated rings. The zero-order valence-electron chi connectivity index (χ0n) is 27.3. The number of rotatable bonds is 10. The topological polar surface area (TPSA) is 55.8 Å². The van der Waals surface area contributed by atoms with Crippen LogP contribution in [0.1, 0.15) is 34.4 Å². The van der Waals surface area contributed by atoms with Crippen LogP contribution in [-0.4, -0.2) is 91.0 Å². The normalized spacial score (nSPS) is 17.8. The number of carbonyl (C=O) groups excluding carboxylic acids is 1. The van der Waals surface area contributed by atoms with Crippen LogP contribution in [0, 0.1) is 0 Å². The van der Waals surface area contributed by atoms with Gasteiger partial charge in [0.25, 0.3) is 0 Å². The Labute approximate surface area is 287 Å². The Balaban J connectivity index is 1.16. The van der Waals surface area contributed by atoms with Crippen LogP contribution in [0.5, 0.6) is 0 Å². The predicted octanol–water partition coefficient (Wildman–Crippen LogP) is 6.60. The number of hydrogen-bond acceptors (Lipinski definition) is 7. The maximum absolute atomic E-state index is 14.7. The number of ketones is 1. The number of alkyl halides is 6. The lowest BCUT2D eigenvalue weighted by molar-refractivity contribution is -0.138. The minimum atomic E-state index is -4.42. The van der Waals surface area contributed by atoms with Gasteiger partial charge in [-0.25, -0.2) is 0 Å². The van der Waals surface area contributed by atoms with Gasteiger partial charge in [-0.05, 0) is 60.7 Å². The van der Waals surface area contributed by atoms with Crippen molar-refractivity contribution in [3.63, 3.8) is 0 Å². The predicted molar refractivity (Wildman–Crippen MR) is 179 cm³/mol. The highest BCUT2D eigenvalue weighted by atomic mass is 19.4. The molecule has 0 saturated carbocycles. The molecule has 264 valence electrons. The second-order valence-corrected chi connectivity index (χ2v) is 12.7. The van der Waals surface area contributed by atoms with Crippen molar-refractivity contribution in [2.45, 2.75) is 24.2 Å². The summed E-state index contributed by atoms with van der Waals surface area (Å²) in [5.74, 6) is -1.22. The van der Waals surface area contributed by atoms with Gasteiger partial charge in [-0.3, -0.25) is 24.6 Å². The molecule has 4 aromatic rings. The molecule has 0 N–H and O–H groups in total. The summed E-state index contributed by atoms with van der Waals surface area (Å²) in [5.41, 5.74) is 0.924. The lowest BCUT2D eigenvalue weighted by Crippen LogP contribution is -2.50. The van der Waals surface area contributed by atoms with E-state index in [1.54, 1.807) is 36.7 Å². The summed E-state index contributed by atoms with van der Waals surface area (Å²) < 4.78 is 80.0. The number of nitrogens with zero attached hydrogens (tertiary/aromatic N) is 6. The SMILES string of the molecule is O=C(C(CN1CCN(c2cccc(C(F)(F)F)c2)CC1)c1ccccn1)C(CN1CCN(c2cccc(C(F)(F)F)c2)CC1)c1ccccn1. The van der Waals surface area contributed by atoms with Crippen LogP contribution in [-0.2, 0) is 17.1 Å². The number of aromatic nitrogens is 2. The molecule has 2 aliphatic rings. The number of carbonyl (C=O) groups is 1. The average Bonchev–Trinajstić information content (AvgIpc) is 3.13. The van der Waals surface area contributed by atoms with Crippen molar-refractivity contribution in [3.05, 3.63) is 120 Å². The lowest BCUT2D eigenvalue weighted by atomic mass is 9.86. The number of benzene rings is 2. The molecule has 0 radical (unpaired) electrons. The molecular weight excluding hydrogens is 658 g/mol. The summed E-state index contributed by atoms with van der Waals surface area (Å²) in [6, 6.07) is 21.6. The van der Waals surface area contributed by atoms with E-state index in [1.165, 1.54) is 24.3 Å². The van der Waals surface area contributed by atoms with Gasteiger partial charge in [0.15, 0.2) is 5.78 Å². The second-order valence-electron chi connectivity index (χ2n) is 12.7. The Hall–Kier alpha value is -4.49. The van der Waals surface area contributed by atoms with Gasteiger partial charge in [0.05, 0.1) is 34.4 Å². The monoisotopic (exact) mass is 696 g/mol. The second kappa shape index (κ2) is 15.2. The molecule has 2 atom stereocenters. The Morgan fingerprint density at radius 1 is 0.560 bits per heavy atom. The summed E-state index contributed by atoms with van der Waals surface area (Å²) in [4.78, 5) is 32.0. The maximum atomic E-state index is 14.7. The first-order valence-electron chi connectivity index (χ1n) is 16.6. The standard InChI is InChI=1S/C37H38F6N6O/c38-36(39,40)27-7-5-9-29(23-27)48-19-15-46(16-20-48)25-31(33-11-1-3-13-44-33)35(50)32(34-12-2-4-14-45-34)26-47-17-21-49(22-18-47)30-10-6-8-28(24-30)37(41,42)43/h1-14,23-24,31-32H,15-22,25-26H2. The van der Waals surface area contributed by atoms with E-state index < -0.39 is 35.3 Å². The van der Waals surface area contributed by atoms with Crippen molar-refractivity contribution in [3.8, 4) is 0 Å². The molecule has 0 amide bonds. The van der Waals surface area contributed by atoms with E-state index in [9.17, 15) is 31.1 Å². The smallest absolute Gasteiger partial charge is 0.369 e. The van der Waals surface area contributed by atoms with Gasteiger partial charge < -0.3 is 9.80 Å². The van der Waals surface area contributed by atoms with Gasteiger partial charge in [0, 0.05) is 89.2 Å². The van der Waals surface area contributed by atoms with Crippen molar-refractivity contribution in [2.75, 3.05) is 75.2 Å². The highest BCUT2D eigenvalue weighted by molar-refractivity contribution is 5.91. The fraction of sp³-hybridized carbons (Fsp3) is 0.378. The third-order valence-electron chi connectivity index (χ3n) is 9.48. The Bertz CT molecular complexity index is 1580. The number of halogens is 6. The van der Waals surface area contributed by atoms with Crippen LogP contribution in [0.2, 0.25) is 0 Å². The molecule has 7 nitrogen and oxygen atoms in total. The van der Waals surface area contributed by atoms with E-state index in [1.807, 2.05) is 34.1 Å². The number of Topliss-reactive ketones (excluding diaryl/α,β-unsaturated/α-hetero) is 1. The molecular formula is C37H38F6N6O. The van der Waals surface area contributed by atoms with Crippen molar-refractivity contribution in [1.29, 1.82) is 0 Å². The third kappa shape index (κ3) is 8.62. The van der Waals surface area contributed by atoms with Gasteiger partial charge in [-0.15, -0.1) is 0 Å². The van der Waals surface area contributed by atoms with Gasteiger partial charge in [0.2, 0.25) is 0 Å². The summed E-state index contributed by atoms with van der Waals surface area (Å²) in [7, 11) is 0. The molecule has 2 unspecified atom stereocenters. The van der Waals surface area contributed by atoms with Crippen LogP contribution < -0.4 is 9.80 Å². The van der Waals surface area contributed by atoms with Crippen LogP contribution in [0.3, 0.4) is 0 Å². The van der Waals surface area contributed by atoms with Crippen LogP contribution in [0.25, 0.3) is 0 Å². The lowest BCUT2D eigenvalue weighted by Gasteiger charge is -2.39. The van der Waals surface area contributed by atoms with Crippen molar-refractivity contribution < 1.29 is 31.1 Å². The summed E-state index contributed by atoms with van der Waals surface area (Å²) >= 11 is 0. The Kier molecular flexibility index (Phi) is 10.7. The number of anilines is 2. The van der Waals surface area contributed by atoms with Crippen LogP contribution >= 0.6 is 0 Å². The zero-order chi connectivity index (χ0) is 35.3. The summed E-state index contributed by atoms with van der Waals surface area (Å²) in [6.45, 7) is 5.01. The first kappa shape index (κ1) is 35.3. The minimum absolute atomic E-state index is 0.0389. The Morgan fingerprint density at radius 3 is 1.30 bits per heavy atom. The van der Waals surface area contributed by atoms with E-state index in [0.29, 0.717) is 88.2 Å². The molecule has 0 bridgehead atoms. The fourth-order valence-corrected chi connectivity index (χ4v) is 6.72. The molecule has 6 rings (SSSR count). The van der Waals surface area contributed by atoms with E-state index in [-0.39, 0.29) is 5.78 Å². The van der Waals surface area contributed by atoms with Gasteiger partial charge in [0.1, 0.15) is 0 Å². The summed E-state index contributed by atoms with van der Waals surface area (Å²) in [6.07, 6.45) is -5.53. The highest BCUT2D eigenvalue weighted by Crippen LogP contribution is 2.34. The van der Waals surface area contributed by atoms with Crippen molar-refractivity contribution >= 4 is 17.2 Å². The van der Waals surface area contributed by atoms with Gasteiger partial charge >= 0.3 is 12.4 Å². The quantitative estimate of drug-likeness (QED) is 0.174. The molecule has 0 spiro atoms. The van der Waals surface area contributed by atoms with Crippen LogP contribution in [0.4, 0.5) is 37.7 Å². The minimum Gasteiger partial charge on any atom is -0.369 e. The van der Waals surface area contributed by atoms with E-state index >= 15 is 0 Å². The first-order valence-corrected chi connectivity index (χ1v) is 16.6. The van der Waals surface area contributed by atoms with Gasteiger partial charge in [-0.1, -0.05) is 24.3 Å². The molecule has 2 saturated heterocycles. The van der Waals surface area contributed by atoms with Crippen LogP contribution in [0.15, 0.2) is 97.3 Å². The first-order chi connectivity index (χ1) is 24.0. The average molecular weight is 697 g/mol. The Morgan fingerprint density at radius 2 is 0.960 bits per heavy atom. The van der Waals surface area contributed by atoms with Crippen molar-refractivity contribution in [1.82, 2.24) is 19.8 Å². The zero-order valence-corrected chi connectivity index (χ0v) is 27.3. The molecule has 13 heteroatoms.